The molecule has 11 heavy (non-hydrogen) atoms. The van der Waals surface area contributed by atoms with Gasteiger partial charge in [0.15, 0.2) is 0 Å². The number of nitrogens with one attached hydrogen (secondary N) is 1. The van der Waals surface area contributed by atoms with Crippen molar-refractivity contribution < 1.29 is 4.39 Å². The number of benzene rings is 1. The molecule has 0 aliphatic heterocycles. The van der Waals surface area contributed by atoms with E-state index in [2.05, 4.69) is 5.32 Å². The predicted octanol–water partition coefficient (Wildman–Crippen LogP) is 2.57. The SMILES string of the molecule is CCNc1ccc(C)cc1F. The van der Waals surface area contributed by atoms with Crippen LogP contribution >= 0.6 is 0 Å². The summed E-state index contributed by atoms with van der Waals surface area (Å²) in [5.74, 6) is -0.174. The Labute approximate surface area is 66.2 Å². The average molecular weight is 153 g/mol. The minimum atomic E-state index is -0.174. The van der Waals surface area contributed by atoms with Crippen molar-refractivity contribution in [2.75, 3.05) is 11.9 Å². The second-order valence-electron chi connectivity index (χ2n) is 2.51. The highest BCUT2D eigenvalue weighted by atomic mass is 19.1. The Kier molecular flexibility index (Phi) is 2.47. The van der Waals surface area contributed by atoms with Crippen LogP contribution < -0.4 is 5.32 Å². The molecule has 0 aromatic heterocycles. The lowest BCUT2D eigenvalue weighted by Crippen LogP contribution is -1.98. The molecule has 0 radical (unpaired) electrons. The standard InChI is InChI=1S/C9H12FN/c1-3-11-9-5-4-7(2)6-8(9)10/h4-6,11H,3H2,1-2H3. The van der Waals surface area contributed by atoms with E-state index in [4.69, 9.17) is 0 Å². The monoisotopic (exact) mass is 153 g/mol. The maximum Gasteiger partial charge on any atom is 0.146 e. The van der Waals surface area contributed by atoms with Gasteiger partial charge in [-0.15, -0.1) is 0 Å². The normalized spacial score (nSPS) is 9.73. The second kappa shape index (κ2) is 3.37. The van der Waals surface area contributed by atoms with Crippen molar-refractivity contribution >= 4 is 5.69 Å². The lowest BCUT2D eigenvalue weighted by molar-refractivity contribution is 0.629. The highest BCUT2D eigenvalue weighted by Crippen LogP contribution is 2.14. The second-order valence-corrected chi connectivity index (χ2v) is 2.51. The smallest absolute Gasteiger partial charge is 0.146 e. The van der Waals surface area contributed by atoms with E-state index in [0.29, 0.717) is 5.69 Å². The number of hydrogen-bond donors (Lipinski definition) is 1. The van der Waals surface area contributed by atoms with E-state index in [1.165, 1.54) is 6.07 Å². The summed E-state index contributed by atoms with van der Waals surface area (Å²) in [4.78, 5) is 0. The number of aryl methyl sites for hydroxylation is 1. The van der Waals surface area contributed by atoms with Crippen molar-refractivity contribution in [3.63, 3.8) is 0 Å². The van der Waals surface area contributed by atoms with E-state index in [9.17, 15) is 4.39 Å². The zero-order valence-electron chi connectivity index (χ0n) is 6.82. The molecule has 2 heteroatoms. The molecule has 1 nitrogen and oxygen atoms in total. The molecular weight excluding hydrogens is 141 g/mol. The van der Waals surface area contributed by atoms with Crippen molar-refractivity contribution in [2.45, 2.75) is 13.8 Å². The maximum absolute atomic E-state index is 13.0. The average Bonchev–Trinajstić information content (AvgIpc) is 1.95. The van der Waals surface area contributed by atoms with Gasteiger partial charge in [0.25, 0.3) is 0 Å². The van der Waals surface area contributed by atoms with Gasteiger partial charge in [0, 0.05) is 6.54 Å². The largest absolute Gasteiger partial charge is 0.383 e. The molecule has 1 N–H and O–H groups in total. The van der Waals surface area contributed by atoms with Crippen LogP contribution in [0.5, 0.6) is 0 Å². The Morgan fingerprint density at radius 1 is 1.45 bits per heavy atom. The van der Waals surface area contributed by atoms with Gasteiger partial charge in [0.2, 0.25) is 0 Å². The molecule has 0 spiro atoms. The summed E-state index contributed by atoms with van der Waals surface area (Å²) in [5.41, 5.74) is 1.53. The highest BCUT2D eigenvalue weighted by Gasteiger charge is 1.98. The van der Waals surface area contributed by atoms with Gasteiger partial charge in [-0.1, -0.05) is 6.07 Å². The molecule has 0 aliphatic carbocycles. The van der Waals surface area contributed by atoms with Gasteiger partial charge in [-0.2, -0.15) is 0 Å². The zero-order valence-corrected chi connectivity index (χ0v) is 6.82. The lowest BCUT2D eigenvalue weighted by Gasteiger charge is -2.04. The van der Waals surface area contributed by atoms with Gasteiger partial charge in [-0.05, 0) is 31.5 Å². The van der Waals surface area contributed by atoms with E-state index in [-0.39, 0.29) is 5.82 Å². The van der Waals surface area contributed by atoms with Crippen LogP contribution in [0.25, 0.3) is 0 Å². The van der Waals surface area contributed by atoms with E-state index < -0.39 is 0 Å². The van der Waals surface area contributed by atoms with E-state index in [1.807, 2.05) is 19.9 Å². The van der Waals surface area contributed by atoms with Crippen molar-refractivity contribution in [1.82, 2.24) is 0 Å². The summed E-state index contributed by atoms with van der Waals surface area (Å²) in [5, 5.41) is 2.93. The fourth-order valence-corrected chi connectivity index (χ4v) is 0.954. The zero-order chi connectivity index (χ0) is 8.27. The first kappa shape index (κ1) is 8.05. The molecule has 0 heterocycles. The minimum absolute atomic E-state index is 0.174. The van der Waals surface area contributed by atoms with E-state index >= 15 is 0 Å². The van der Waals surface area contributed by atoms with Crippen molar-refractivity contribution in [2.24, 2.45) is 0 Å². The van der Waals surface area contributed by atoms with Crippen molar-refractivity contribution in [1.29, 1.82) is 0 Å². The molecule has 0 bridgehead atoms. The van der Waals surface area contributed by atoms with Crippen LogP contribution in [0.3, 0.4) is 0 Å². The molecule has 60 valence electrons. The molecule has 0 saturated carbocycles. The molecular formula is C9H12FN. The lowest BCUT2D eigenvalue weighted by atomic mass is 10.2. The number of rotatable bonds is 2. The minimum Gasteiger partial charge on any atom is -0.383 e. The molecule has 0 aliphatic rings. The van der Waals surface area contributed by atoms with Gasteiger partial charge < -0.3 is 5.32 Å². The summed E-state index contributed by atoms with van der Waals surface area (Å²) < 4.78 is 13.0. The van der Waals surface area contributed by atoms with Gasteiger partial charge in [0.05, 0.1) is 5.69 Å². The molecule has 1 aromatic rings. The molecule has 0 amide bonds. The van der Waals surface area contributed by atoms with Gasteiger partial charge in [0.1, 0.15) is 5.82 Å². The molecule has 0 saturated heterocycles. The van der Waals surface area contributed by atoms with Crippen molar-refractivity contribution in [3.8, 4) is 0 Å². The van der Waals surface area contributed by atoms with Crippen LogP contribution in [0.15, 0.2) is 18.2 Å². The Morgan fingerprint density at radius 3 is 2.73 bits per heavy atom. The van der Waals surface area contributed by atoms with Gasteiger partial charge in [-0.3, -0.25) is 0 Å². The predicted molar refractivity (Wildman–Crippen MR) is 45.3 cm³/mol. The third kappa shape index (κ3) is 1.93. The quantitative estimate of drug-likeness (QED) is 0.688. The topological polar surface area (TPSA) is 12.0 Å². The molecule has 0 atom stereocenters. The van der Waals surface area contributed by atoms with Crippen molar-refractivity contribution in [3.05, 3.63) is 29.6 Å². The number of anilines is 1. The van der Waals surface area contributed by atoms with E-state index in [0.717, 1.165) is 12.1 Å². The molecule has 0 fully saturated rings. The fraction of sp³-hybridized carbons (Fsp3) is 0.333. The summed E-state index contributed by atoms with van der Waals surface area (Å²) in [6, 6.07) is 5.17. The van der Waals surface area contributed by atoms with E-state index in [1.54, 1.807) is 6.07 Å². The Hall–Kier alpha value is -1.05. The Bertz CT molecular complexity index is 245. The first-order chi connectivity index (χ1) is 5.24. The summed E-state index contributed by atoms with van der Waals surface area (Å²) in [7, 11) is 0. The summed E-state index contributed by atoms with van der Waals surface area (Å²) in [6.45, 7) is 4.57. The summed E-state index contributed by atoms with van der Waals surface area (Å²) in [6.07, 6.45) is 0. The van der Waals surface area contributed by atoms with Crippen LogP contribution in [-0.4, -0.2) is 6.54 Å². The molecule has 1 rings (SSSR count). The highest BCUT2D eigenvalue weighted by molar-refractivity contribution is 5.45. The van der Waals surface area contributed by atoms with Gasteiger partial charge in [-0.25, -0.2) is 4.39 Å². The van der Waals surface area contributed by atoms with Crippen LogP contribution in [0.4, 0.5) is 10.1 Å². The van der Waals surface area contributed by atoms with Crippen LogP contribution in [0, 0.1) is 12.7 Å². The first-order valence-electron chi connectivity index (χ1n) is 3.74. The molecule has 0 unspecified atom stereocenters. The Morgan fingerprint density at radius 2 is 2.18 bits per heavy atom. The number of halogens is 1. The maximum atomic E-state index is 13.0. The van der Waals surface area contributed by atoms with Crippen LogP contribution in [0.1, 0.15) is 12.5 Å². The van der Waals surface area contributed by atoms with Crippen LogP contribution in [-0.2, 0) is 0 Å². The summed E-state index contributed by atoms with van der Waals surface area (Å²) >= 11 is 0. The van der Waals surface area contributed by atoms with Gasteiger partial charge >= 0.3 is 0 Å². The Balaban J connectivity index is 2.90. The van der Waals surface area contributed by atoms with Crippen LogP contribution in [0.2, 0.25) is 0 Å². The third-order valence-electron chi connectivity index (χ3n) is 1.49. The molecule has 1 aromatic carbocycles. The fourth-order valence-electron chi connectivity index (χ4n) is 0.954. The third-order valence-corrected chi connectivity index (χ3v) is 1.49. The first-order valence-corrected chi connectivity index (χ1v) is 3.74. The number of hydrogen-bond acceptors (Lipinski definition) is 1.